The van der Waals surface area contributed by atoms with Crippen molar-refractivity contribution in [2.24, 2.45) is 0 Å². The second-order valence-electron chi connectivity index (χ2n) is 6.40. The van der Waals surface area contributed by atoms with E-state index in [0.717, 1.165) is 12.8 Å². The molecule has 10 heteroatoms. The largest absolute Gasteiger partial charge is 0.403 e. The first kappa shape index (κ1) is 20.6. The lowest BCUT2D eigenvalue weighted by Gasteiger charge is -2.06. The number of hydrogen-bond acceptors (Lipinski definition) is 7. The van der Waals surface area contributed by atoms with Crippen LogP contribution in [-0.2, 0) is 4.79 Å². The summed E-state index contributed by atoms with van der Waals surface area (Å²) in [6, 6.07) is 11.9. The first-order valence-electron chi connectivity index (χ1n) is 9.26. The molecule has 0 saturated heterocycles. The summed E-state index contributed by atoms with van der Waals surface area (Å²) in [6.45, 7) is 2.01. The fraction of sp³-hybridized carbons (Fsp3) is 0.200. The maximum Gasteiger partial charge on any atom is 0.322 e. The van der Waals surface area contributed by atoms with Crippen LogP contribution in [0.15, 0.2) is 52.9 Å². The predicted octanol–water partition coefficient (Wildman–Crippen LogP) is 4.03. The van der Waals surface area contributed by atoms with Crippen LogP contribution in [-0.4, -0.2) is 26.9 Å². The molecule has 0 atom stereocenters. The summed E-state index contributed by atoms with van der Waals surface area (Å²) in [4.78, 5) is 34.3. The highest BCUT2D eigenvalue weighted by molar-refractivity contribution is 6.03. The molecule has 10 nitrogen and oxygen atoms in total. The highest BCUT2D eigenvalue weighted by atomic mass is 16.6. The van der Waals surface area contributed by atoms with E-state index in [2.05, 4.69) is 20.8 Å². The Labute approximate surface area is 171 Å². The Balaban J connectivity index is 1.61. The summed E-state index contributed by atoms with van der Waals surface area (Å²) in [5.74, 6) is -0.415. The van der Waals surface area contributed by atoms with Crippen molar-refractivity contribution >= 4 is 29.2 Å². The summed E-state index contributed by atoms with van der Waals surface area (Å²) >= 11 is 0. The van der Waals surface area contributed by atoms with Gasteiger partial charge in [-0.1, -0.05) is 18.4 Å². The molecule has 0 radical (unpaired) electrons. The van der Waals surface area contributed by atoms with Gasteiger partial charge in [0.25, 0.3) is 11.6 Å². The molecule has 1 aromatic heterocycles. The summed E-state index contributed by atoms with van der Waals surface area (Å²) in [6.07, 6.45) is 2.21. The molecule has 0 spiro atoms. The molecule has 0 bridgehead atoms. The van der Waals surface area contributed by atoms with E-state index in [1.165, 1.54) is 24.3 Å². The minimum absolute atomic E-state index is 0.0585. The maximum atomic E-state index is 12.4. The number of carbonyl (C=O) groups is 2. The third kappa shape index (κ3) is 5.25. The van der Waals surface area contributed by atoms with Crippen LogP contribution in [0.1, 0.15) is 36.5 Å². The van der Waals surface area contributed by atoms with Crippen LogP contribution in [0.4, 0.5) is 17.4 Å². The number of unbranched alkanes of at least 4 members (excludes halogenated alkanes) is 1. The lowest BCUT2D eigenvalue weighted by molar-refractivity contribution is -0.384. The van der Waals surface area contributed by atoms with Crippen molar-refractivity contribution in [3.63, 3.8) is 0 Å². The molecule has 3 aromatic rings. The van der Waals surface area contributed by atoms with Crippen molar-refractivity contribution < 1.29 is 18.9 Å². The molecule has 2 amide bonds. The van der Waals surface area contributed by atoms with E-state index in [9.17, 15) is 19.7 Å². The van der Waals surface area contributed by atoms with E-state index in [4.69, 9.17) is 4.42 Å². The van der Waals surface area contributed by atoms with Crippen LogP contribution in [0.2, 0.25) is 0 Å². The van der Waals surface area contributed by atoms with Crippen LogP contribution in [0.3, 0.4) is 0 Å². The Bertz CT molecular complexity index is 1040. The second-order valence-corrected chi connectivity index (χ2v) is 6.40. The molecule has 154 valence electrons. The minimum atomic E-state index is -0.509. The van der Waals surface area contributed by atoms with Crippen molar-refractivity contribution in [1.29, 1.82) is 0 Å². The van der Waals surface area contributed by atoms with Gasteiger partial charge in [0.15, 0.2) is 0 Å². The molecule has 2 N–H and O–H groups in total. The Hall–Kier alpha value is -4.08. The highest BCUT2D eigenvalue weighted by Crippen LogP contribution is 2.23. The normalized spacial score (nSPS) is 10.4. The molecule has 0 fully saturated rings. The van der Waals surface area contributed by atoms with Crippen molar-refractivity contribution in [2.75, 3.05) is 10.6 Å². The zero-order valence-electron chi connectivity index (χ0n) is 16.1. The van der Waals surface area contributed by atoms with Crippen LogP contribution in [0.5, 0.6) is 0 Å². The van der Waals surface area contributed by atoms with Crippen molar-refractivity contribution in [1.82, 2.24) is 10.2 Å². The monoisotopic (exact) mass is 409 g/mol. The van der Waals surface area contributed by atoms with Gasteiger partial charge < -0.3 is 9.73 Å². The Morgan fingerprint density at radius 2 is 1.73 bits per heavy atom. The first-order valence-corrected chi connectivity index (χ1v) is 9.26. The minimum Gasteiger partial charge on any atom is -0.403 e. The van der Waals surface area contributed by atoms with Gasteiger partial charge in [-0.15, -0.1) is 5.10 Å². The molecular formula is C20H19N5O5. The number of non-ortho nitro benzene ring substituents is 1. The molecule has 2 aromatic carbocycles. The number of amides is 2. The van der Waals surface area contributed by atoms with E-state index in [1.54, 1.807) is 24.3 Å². The quantitative estimate of drug-likeness (QED) is 0.423. The highest BCUT2D eigenvalue weighted by Gasteiger charge is 2.14. The SMILES string of the molecule is CCCCC(=O)Nc1ccc(C(=O)Nc2nnc(-c3ccc([N+](=O)[O-])cc3)o2)cc1. The van der Waals surface area contributed by atoms with Gasteiger partial charge in [-0.2, -0.15) is 0 Å². The van der Waals surface area contributed by atoms with Crippen molar-refractivity contribution in [3.05, 3.63) is 64.2 Å². The number of carbonyl (C=O) groups excluding carboxylic acids is 2. The third-order valence-corrected chi connectivity index (χ3v) is 4.16. The van der Waals surface area contributed by atoms with Gasteiger partial charge in [-0.3, -0.25) is 25.0 Å². The predicted molar refractivity (Wildman–Crippen MR) is 109 cm³/mol. The fourth-order valence-corrected chi connectivity index (χ4v) is 2.55. The number of nitrogens with one attached hydrogen (secondary N) is 2. The Morgan fingerprint density at radius 1 is 1.03 bits per heavy atom. The summed E-state index contributed by atoms with van der Waals surface area (Å²) in [5, 5.41) is 23.6. The number of rotatable bonds is 8. The smallest absolute Gasteiger partial charge is 0.322 e. The number of nitro groups is 1. The number of nitrogens with zero attached hydrogens (tertiary/aromatic N) is 3. The second kappa shape index (κ2) is 9.41. The number of anilines is 2. The standard InChI is InChI=1S/C20H19N5O5/c1-2-3-4-17(26)21-15-9-5-13(6-10-15)18(27)22-20-24-23-19(30-20)14-7-11-16(12-8-14)25(28)29/h5-12H,2-4H2,1H3,(H,21,26)(H,22,24,27). The Morgan fingerprint density at radius 3 is 2.37 bits per heavy atom. The third-order valence-electron chi connectivity index (χ3n) is 4.16. The van der Waals surface area contributed by atoms with Crippen molar-refractivity contribution in [3.8, 4) is 11.5 Å². The summed E-state index contributed by atoms with van der Waals surface area (Å²) in [7, 11) is 0. The van der Waals surface area contributed by atoms with Crippen LogP contribution >= 0.6 is 0 Å². The van der Waals surface area contributed by atoms with Gasteiger partial charge in [-0.25, -0.2) is 0 Å². The number of aromatic nitrogens is 2. The van der Waals surface area contributed by atoms with Crippen LogP contribution in [0, 0.1) is 10.1 Å². The number of nitro benzene ring substituents is 1. The fourth-order valence-electron chi connectivity index (χ4n) is 2.55. The van der Waals surface area contributed by atoms with Crippen LogP contribution in [0.25, 0.3) is 11.5 Å². The summed E-state index contributed by atoms with van der Waals surface area (Å²) < 4.78 is 5.40. The van der Waals surface area contributed by atoms with E-state index in [1.807, 2.05) is 6.92 Å². The summed E-state index contributed by atoms with van der Waals surface area (Å²) in [5.41, 5.74) is 1.37. The zero-order chi connectivity index (χ0) is 21.5. The topological polar surface area (TPSA) is 140 Å². The van der Waals surface area contributed by atoms with E-state index in [0.29, 0.717) is 23.2 Å². The van der Waals surface area contributed by atoms with E-state index >= 15 is 0 Å². The molecule has 30 heavy (non-hydrogen) atoms. The molecule has 1 heterocycles. The van der Waals surface area contributed by atoms with Gasteiger partial charge in [0.1, 0.15) is 0 Å². The molecule has 3 rings (SSSR count). The average molecular weight is 409 g/mol. The van der Waals surface area contributed by atoms with Crippen LogP contribution < -0.4 is 10.6 Å². The first-order chi connectivity index (χ1) is 14.5. The molecular weight excluding hydrogens is 390 g/mol. The van der Waals surface area contributed by atoms with Crippen molar-refractivity contribution in [2.45, 2.75) is 26.2 Å². The van der Waals surface area contributed by atoms with Gasteiger partial charge >= 0.3 is 6.01 Å². The van der Waals surface area contributed by atoms with E-state index < -0.39 is 10.8 Å². The van der Waals surface area contributed by atoms with Gasteiger partial charge in [0.05, 0.1) is 4.92 Å². The lowest BCUT2D eigenvalue weighted by atomic mass is 10.2. The lowest BCUT2D eigenvalue weighted by Crippen LogP contribution is -2.13. The Kier molecular flexibility index (Phi) is 6.48. The molecule has 0 aliphatic rings. The van der Waals surface area contributed by atoms with E-state index in [-0.39, 0.29) is 23.5 Å². The number of benzene rings is 2. The average Bonchev–Trinajstić information content (AvgIpc) is 3.21. The molecule has 0 aliphatic heterocycles. The molecule has 0 saturated carbocycles. The van der Waals surface area contributed by atoms with Gasteiger partial charge in [-0.05, 0) is 42.8 Å². The van der Waals surface area contributed by atoms with Gasteiger partial charge in [0, 0.05) is 35.4 Å². The molecule has 0 unspecified atom stereocenters. The molecule has 0 aliphatic carbocycles. The number of hydrogen-bond donors (Lipinski definition) is 2. The van der Waals surface area contributed by atoms with Gasteiger partial charge in [0.2, 0.25) is 11.8 Å². The maximum absolute atomic E-state index is 12.4. The zero-order valence-corrected chi connectivity index (χ0v) is 16.1.